The Hall–Kier alpha value is 1.03. The van der Waals surface area contributed by atoms with Crippen molar-refractivity contribution in [1.29, 1.82) is 0 Å². The molecule has 0 amide bonds. The normalized spacial score (nSPS) is 19.2. The van der Waals surface area contributed by atoms with Gasteiger partial charge in [-0.05, 0) is 0 Å². The molecule has 6 heavy (non-hydrogen) atoms. The van der Waals surface area contributed by atoms with E-state index in [0.29, 0.717) is 0 Å². The molecule has 0 heterocycles. The van der Waals surface area contributed by atoms with Gasteiger partial charge in [-0.15, -0.1) is 0 Å². The van der Waals surface area contributed by atoms with Gasteiger partial charge in [0.25, 0.3) is 0 Å². The van der Waals surface area contributed by atoms with Crippen molar-refractivity contribution in [1.82, 2.24) is 0 Å². The van der Waals surface area contributed by atoms with Crippen molar-refractivity contribution in [2.75, 3.05) is 0 Å². The zero-order valence-corrected chi connectivity index (χ0v) is 5.89. The van der Waals surface area contributed by atoms with Crippen LogP contribution in [0, 0.1) is 0 Å². The SMILES string of the molecule is [F][V]([F])([F])([F])[I]. The second-order valence-corrected chi connectivity index (χ2v) is 8.65. The average Bonchev–Trinajstić information content (AvgIpc) is 0.650. The van der Waals surface area contributed by atoms with E-state index in [1.807, 2.05) is 0 Å². The Balaban J connectivity index is 3.73. The minimum absolute atomic E-state index is 0.0758. The molecule has 0 saturated heterocycles. The monoisotopic (exact) mass is 254 g/mol. The van der Waals surface area contributed by atoms with E-state index in [0.717, 1.165) is 0 Å². The van der Waals surface area contributed by atoms with Crippen molar-refractivity contribution >= 4 is 20.0 Å². The first kappa shape index (κ1) is 7.03. The standard InChI is InChI=1S/4FH.HI.V/h5*1H;/q;;;;;+5/p-5. The molecule has 0 aliphatic carbocycles. The van der Waals surface area contributed by atoms with Gasteiger partial charge in [0.15, 0.2) is 0 Å². The van der Waals surface area contributed by atoms with E-state index in [4.69, 9.17) is 0 Å². The van der Waals surface area contributed by atoms with Crippen LogP contribution in [0.1, 0.15) is 0 Å². The molecule has 0 aromatic rings. The molecule has 0 aliphatic rings. The Bertz CT molecular complexity index is 40.7. The van der Waals surface area contributed by atoms with E-state index in [1.54, 1.807) is 0 Å². The number of hydrogen-bond acceptors (Lipinski definition) is 0. The molecule has 0 fully saturated rings. The number of halogens is 5. The van der Waals surface area contributed by atoms with E-state index in [-0.39, 0.29) is 20.0 Å². The van der Waals surface area contributed by atoms with Crippen LogP contribution in [-0.4, -0.2) is 0 Å². The summed E-state index contributed by atoms with van der Waals surface area (Å²) in [5, 5.41) is 0. The van der Waals surface area contributed by atoms with Gasteiger partial charge in [-0.2, -0.15) is 0 Å². The summed E-state index contributed by atoms with van der Waals surface area (Å²) in [5.74, 6) is 0. The molecule has 0 spiro atoms. The summed E-state index contributed by atoms with van der Waals surface area (Å²) in [6.45, 7) is 0. The van der Waals surface area contributed by atoms with Gasteiger partial charge in [-0.3, -0.25) is 0 Å². The second kappa shape index (κ2) is 1.26. The van der Waals surface area contributed by atoms with Gasteiger partial charge in [-0.25, -0.2) is 0 Å². The Morgan fingerprint density at radius 1 is 1.00 bits per heavy atom. The molecule has 0 rings (SSSR count). The van der Waals surface area contributed by atoms with Crippen molar-refractivity contribution in [2.45, 2.75) is 0 Å². The maximum atomic E-state index is 10.5. The third-order valence-corrected chi connectivity index (χ3v) is 0. The van der Waals surface area contributed by atoms with Crippen LogP contribution in [-0.2, 0) is 11.4 Å². The predicted molar refractivity (Wildman–Crippen MR) is 18.5 cm³/mol. The van der Waals surface area contributed by atoms with E-state index in [1.165, 1.54) is 0 Å². The Kier molecular flexibility index (Phi) is 1.47. The summed E-state index contributed by atoms with van der Waals surface area (Å²) in [5.41, 5.74) is 0. The van der Waals surface area contributed by atoms with E-state index in [9.17, 15) is 13.6 Å². The van der Waals surface area contributed by atoms with Crippen molar-refractivity contribution in [3.63, 3.8) is 0 Å². The molecule has 0 saturated carbocycles. The maximum absolute atomic E-state index is 10.5. The van der Waals surface area contributed by atoms with Gasteiger partial charge >= 0.3 is 45.0 Å². The molecule has 0 aromatic carbocycles. The number of hydrogen-bond donors (Lipinski definition) is 0. The number of rotatable bonds is 0. The van der Waals surface area contributed by atoms with Crippen LogP contribution in [0.4, 0.5) is 13.6 Å². The Morgan fingerprint density at radius 2 is 1.00 bits per heavy atom. The second-order valence-electron chi connectivity index (χ2n) is 0.639. The van der Waals surface area contributed by atoms with Crippen LogP contribution >= 0.6 is 20.0 Å². The third kappa shape index (κ3) is 76.6. The summed E-state index contributed by atoms with van der Waals surface area (Å²) in [6.07, 6.45) is 0. The van der Waals surface area contributed by atoms with Gasteiger partial charge in [0, 0.05) is 0 Å². The Labute approximate surface area is 45.1 Å². The van der Waals surface area contributed by atoms with Crippen LogP contribution in [0.15, 0.2) is 0 Å². The molecule has 0 bridgehead atoms. The predicted octanol–water partition coefficient (Wildman–Crippen LogP) is 2.56. The first-order chi connectivity index (χ1) is 2.24. The summed E-state index contributed by atoms with van der Waals surface area (Å²) >= 11 is -7.59. The first-order valence-electron chi connectivity index (χ1n) is 0.845. The van der Waals surface area contributed by atoms with E-state index < -0.39 is 11.4 Å². The third-order valence-electron chi connectivity index (χ3n) is 0. The molecule has 0 atom stereocenters. The minimum atomic E-state index is -7.52. The zero-order chi connectivity index (χ0) is 5.45. The summed E-state index contributed by atoms with van der Waals surface area (Å²) in [7, 11) is 0. The summed E-state index contributed by atoms with van der Waals surface area (Å²) in [4.78, 5) is 0. The van der Waals surface area contributed by atoms with E-state index in [2.05, 4.69) is 0 Å². The van der Waals surface area contributed by atoms with Gasteiger partial charge in [0.05, 0.1) is 0 Å². The molecule has 40 valence electrons. The van der Waals surface area contributed by atoms with Gasteiger partial charge in [0.1, 0.15) is 0 Å². The fourth-order valence-electron chi connectivity index (χ4n) is 0. The van der Waals surface area contributed by atoms with Crippen LogP contribution in [0.5, 0.6) is 0 Å². The molecule has 0 radical (unpaired) electrons. The molecule has 0 nitrogen and oxygen atoms in total. The van der Waals surface area contributed by atoms with Gasteiger partial charge in [-0.1, -0.05) is 0 Å². The Morgan fingerprint density at radius 3 is 1.00 bits per heavy atom. The van der Waals surface area contributed by atoms with Crippen LogP contribution in [0.3, 0.4) is 0 Å². The molecule has 0 N–H and O–H groups in total. The molecule has 6 heteroatoms. The van der Waals surface area contributed by atoms with Crippen LogP contribution < -0.4 is 0 Å². The van der Waals surface area contributed by atoms with Crippen molar-refractivity contribution in [2.24, 2.45) is 0 Å². The van der Waals surface area contributed by atoms with Gasteiger partial charge in [0.2, 0.25) is 0 Å². The van der Waals surface area contributed by atoms with Crippen molar-refractivity contribution in [3.05, 3.63) is 0 Å². The molecular weight excluding hydrogens is 254 g/mol. The van der Waals surface area contributed by atoms with Crippen molar-refractivity contribution in [3.8, 4) is 0 Å². The van der Waals surface area contributed by atoms with Crippen LogP contribution in [0.25, 0.3) is 0 Å². The topological polar surface area (TPSA) is 0 Å². The summed E-state index contributed by atoms with van der Waals surface area (Å²) < 4.78 is 42.2. The average molecular weight is 254 g/mol. The van der Waals surface area contributed by atoms with Crippen LogP contribution in [0.2, 0.25) is 0 Å². The fraction of sp³-hybridized carbons (Fsp3) is 0. The molecule has 0 aromatic heterocycles. The quantitative estimate of drug-likeness (QED) is 0.460. The molecular formula is F4IV. The fourth-order valence-corrected chi connectivity index (χ4v) is 0. The molecule has 0 aliphatic heterocycles. The zero-order valence-electron chi connectivity index (χ0n) is 2.34. The van der Waals surface area contributed by atoms with E-state index >= 15 is 0 Å². The molecule has 0 unspecified atom stereocenters. The van der Waals surface area contributed by atoms with Crippen molar-refractivity contribution < 1.29 is 25.0 Å². The first-order valence-corrected chi connectivity index (χ1v) is 7.46. The summed E-state index contributed by atoms with van der Waals surface area (Å²) in [6, 6.07) is 0. The van der Waals surface area contributed by atoms with Gasteiger partial charge < -0.3 is 0 Å².